The first-order valence-corrected chi connectivity index (χ1v) is 4.68. The van der Waals surface area contributed by atoms with Crippen LogP contribution >= 0.6 is 0 Å². The van der Waals surface area contributed by atoms with Gasteiger partial charge in [-0.1, -0.05) is 0 Å². The van der Waals surface area contributed by atoms with Crippen molar-refractivity contribution in [3.05, 3.63) is 60.2 Å². The standard InChI is InChI=1S/C12H10N2O/c15-12(11-2-1-5-14-9-11)8-10-3-6-13-7-4-10/h1-7,9H,8H2. The molecule has 0 saturated heterocycles. The first-order chi connectivity index (χ1) is 7.36. The van der Waals surface area contributed by atoms with Crippen molar-refractivity contribution in [1.29, 1.82) is 0 Å². The number of hydrogen-bond donors (Lipinski definition) is 0. The molecule has 2 rings (SSSR count). The van der Waals surface area contributed by atoms with Gasteiger partial charge in [0.25, 0.3) is 0 Å². The van der Waals surface area contributed by atoms with Gasteiger partial charge >= 0.3 is 0 Å². The van der Waals surface area contributed by atoms with Crippen molar-refractivity contribution in [3.63, 3.8) is 0 Å². The monoisotopic (exact) mass is 198 g/mol. The predicted molar refractivity (Wildman–Crippen MR) is 56.5 cm³/mol. The van der Waals surface area contributed by atoms with Gasteiger partial charge in [-0.15, -0.1) is 0 Å². The Labute approximate surface area is 87.8 Å². The van der Waals surface area contributed by atoms with Crippen LogP contribution < -0.4 is 0 Å². The maximum atomic E-state index is 11.8. The van der Waals surface area contributed by atoms with E-state index in [1.165, 1.54) is 0 Å². The van der Waals surface area contributed by atoms with Gasteiger partial charge in [-0.3, -0.25) is 14.8 Å². The SMILES string of the molecule is O=C(Cc1ccncc1)c1cccnc1. The zero-order chi connectivity index (χ0) is 10.5. The van der Waals surface area contributed by atoms with Crippen LogP contribution in [-0.2, 0) is 6.42 Å². The minimum absolute atomic E-state index is 0.0781. The molecular formula is C12H10N2O. The molecule has 3 heteroatoms. The number of aromatic nitrogens is 2. The highest BCUT2D eigenvalue weighted by Crippen LogP contribution is 2.04. The summed E-state index contributed by atoms with van der Waals surface area (Å²) in [6.45, 7) is 0. The van der Waals surface area contributed by atoms with Gasteiger partial charge in [-0.2, -0.15) is 0 Å². The van der Waals surface area contributed by atoms with E-state index in [-0.39, 0.29) is 5.78 Å². The molecule has 0 bridgehead atoms. The molecular weight excluding hydrogens is 188 g/mol. The molecule has 0 aliphatic carbocycles. The van der Waals surface area contributed by atoms with E-state index in [1.807, 2.05) is 12.1 Å². The van der Waals surface area contributed by atoms with E-state index in [0.717, 1.165) is 5.56 Å². The number of pyridine rings is 2. The summed E-state index contributed by atoms with van der Waals surface area (Å²) in [6.07, 6.45) is 7.01. The van der Waals surface area contributed by atoms with Gasteiger partial charge < -0.3 is 0 Å². The lowest BCUT2D eigenvalue weighted by Gasteiger charge is -1.99. The molecule has 0 spiro atoms. The third-order valence-electron chi connectivity index (χ3n) is 2.10. The minimum atomic E-state index is 0.0781. The third kappa shape index (κ3) is 2.47. The Bertz CT molecular complexity index is 440. The molecule has 0 amide bonds. The largest absolute Gasteiger partial charge is 0.294 e. The fraction of sp³-hybridized carbons (Fsp3) is 0.0833. The molecule has 15 heavy (non-hydrogen) atoms. The molecule has 2 aromatic rings. The highest BCUT2D eigenvalue weighted by molar-refractivity contribution is 5.97. The summed E-state index contributed by atoms with van der Waals surface area (Å²) >= 11 is 0. The molecule has 0 radical (unpaired) electrons. The van der Waals surface area contributed by atoms with E-state index in [4.69, 9.17) is 0 Å². The van der Waals surface area contributed by atoms with Crippen molar-refractivity contribution in [2.24, 2.45) is 0 Å². The number of hydrogen-bond acceptors (Lipinski definition) is 3. The van der Waals surface area contributed by atoms with Gasteiger partial charge in [-0.05, 0) is 29.8 Å². The Hall–Kier alpha value is -2.03. The van der Waals surface area contributed by atoms with Crippen molar-refractivity contribution < 1.29 is 4.79 Å². The molecule has 3 nitrogen and oxygen atoms in total. The Balaban J connectivity index is 2.12. The normalized spacial score (nSPS) is 9.87. The number of Topliss-reactive ketones (excluding diaryl/α,β-unsaturated/α-hetero) is 1. The van der Waals surface area contributed by atoms with E-state index in [0.29, 0.717) is 12.0 Å². The van der Waals surface area contributed by atoms with Gasteiger partial charge in [0.1, 0.15) is 0 Å². The van der Waals surface area contributed by atoms with Crippen LogP contribution in [0.15, 0.2) is 49.1 Å². The molecule has 0 atom stereocenters. The van der Waals surface area contributed by atoms with E-state index in [2.05, 4.69) is 9.97 Å². The first-order valence-electron chi connectivity index (χ1n) is 4.68. The lowest BCUT2D eigenvalue weighted by atomic mass is 10.1. The van der Waals surface area contributed by atoms with Crippen molar-refractivity contribution >= 4 is 5.78 Å². The zero-order valence-corrected chi connectivity index (χ0v) is 8.13. The van der Waals surface area contributed by atoms with Crippen LogP contribution in [0.25, 0.3) is 0 Å². The quantitative estimate of drug-likeness (QED) is 0.707. The van der Waals surface area contributed by atoms with E-state index in [1.54, 1.807) is 36.9 Å². The maximum absolute atomic E-state index is 11.8. The summed E-state index contributed by atoms with van der Waals surface area (Å²) in [5, 5.41) is 0. The van der Waals surface area contributed by atoms with Crippen molar-refractivity contribution in [2.75, 3.05) is 0 Å². The van der Waals surface area contributed by atoms with Crippen LogP contribution in [0, 0.1) is 0 Å². The average molecular weight is 198 g/mol. The summed E-state index contributed by atoms with van der Waals surface area (Å²) in [7, 11) is 0. The molecule has 0 saturated carbocycles. The molecule has 2 aromatic heterocycles. The molecule has 0 aromatic carbocycles. The van der Waals surface area contributed by atoms with Crippen molar-refractivity contribution in [2.45, 2.75) is 6.42 Å². The molecule has 74 valence electrons. The second-order valence-corrected chi connectivity index (χ2v) is 3.20. The number of carbonyl (C=O) groups is 1. The third-order valence-corrected chi connectivity index (χ3v) is 2.10. The summed E-state index contributed by atoms with van der Waals surface area (Å²) < 4.78 is 0. The topological polar surface area (TPSA) is 42.9 Å². The van der Waals surface area contributed by atoms with Crippen LogP contribution in [-0.4, -0.2) is 15.8 Å². The van der Waals surface area contributed by atoms with E-state index < -0.39 is 0 Å². The Kier molecular flexibility index (Phi) is 2.83. The van der Waals surface area contributed by atoms with Crippen LogP contribution in [0.2, 0.25) is 0 Å². The van der Waals surface area contributed by atoms with Crippen LogP contribution in [0.1, 0.15) is 15.9 Å². The van der Waals surface area contributed by atoms with Crippen LogP contribution in [0.4, 0.5) is 0 Å². The summed E-state index contributed by atoms with van der Waals surface area (Å²) in [6, 6.07) is 7.22. The predicted octanol–water partition coefficient (Wildman–Crippen LogP) is 1.90. The van der Waals surface area contributed by atoms with E-state index >= 15 is 0 Å². The lowest BCUT2D eigenvalue weighted by Crippen LogP contribution is -2.03. The average Bonchev–Trinajstić information content (AvgIpc) is 2.31. The number of nitrogens with zero attached hydrogens (tertiary/aromatic N) is 2. The van der Waals surface area contributed by atoms with Gasteiger partial charge in [0.15, 0.2) is 5.78 Å². The van der Waals surface area contributed by atoms with Gasteiger partial charge in [0, 0.05) is 36.8 Å². The summed E-state index contributed by atoms with van der Waals surface area (Å²) in [5.74, 6) is 0.0781. The smallest absolute Gasteiger partial charge is 0.168 e. The van der Waals surface area contributed by atoms with Crippen LogP contribution in [0.5, 0.6) is 0 Å². The minimum Gasteiger partial charge on any atom is -0.294 e. The highest BCUT2D eigenvalue weighted by Gasteiger charge is 2.05. The molecule has 0 aliphatic rings. The van der Waals surface area contributed by atoms with Crippen molar-refractivity contribution in [1.82, 2.24) is 9.97 Å². The fourth-order valence-corrected chi connectivity index (χ4v) is 1.32. The Morgan fingerprint density at radius 3 is 2.53 bits per heavy atom. The fourth-order valence-electron chi connectivity index (χ4n) is 1.32. The maximum Gasteiger partial charge on any atom is 0.168 e. The zero-order valence-electron chi connectivity index (χ0n) is 8.13. The molecule has 0 aliphatic heterocycles. The summed E-state index contributed by atoms with van der Waals surface area (Å²) in [5.41, 5.74) is 1.62. The summed E-state index contributed by atoms with van der Waals surface area (Å²) in [4.78, 5) is 19.6. The Morgan fingerprint density at radius 1 is 1.07 bits per heavy atom. The number of ketones is 1. The number of rotatable bonds is 3. The first kappa shape index (κ1) is 9.52. The lowest BCUT2D eigenvalue weighted by molar-refractivity contribution is 0.0992. The van der Waals surface area contributed by atoms with Crippen molar-refractivity contribution in [3.8, 4) is 0 Å². The van der Waals surface area contributed by atoms with Gasteiger partial charge in [0.05, 0.1) is 0 Å². The molecule has 0 fully saturated rings. The molecule has 2 heterocycles. The second kappa shape index (κ2) is 4.46. The van der Waals surface area contributed by atoms with Gasteiger partial charge in [0.2, 0.25) is 0 Å². The van der Waals surface area contributed by atoms with E-state index in [9.17, 15) is 4.79 Å². The van der Waals surface area contributed by atoms with Gasteiger partial charge in [-0.25, -0.2) is 0 Å². The molecule has 0 N–H and O–H groups in total. The Morgan fingerprint density at radius 2 is 1.87 bits per heavy atom. The second-order valence-electron chi connectivity index (χ2n) is 3.20. The number of carbonyl (C=O) groups excluding carboxylic acids is 1. The van der Waals surface area contributed by atoms with Crippen LogP contribution in [0.3, 0.4) is 0 Å². The molecule has 0 unspecified atom stereocenters. The highest BCUT2D eigenvalue weighted by atomic mass is 16.1.